The lowest BCUT2D eigenvalue weighted by Gasteiger charge is -2.47. The second-order valence-electron chi connectivity index (χ2n) is 4.94. The number of rotatable bonds is 6. The Morgan fingerprint density at radius 2 is 2.13 bits per heavy atom. The van der Waals surface area contributed by atoms with Crippen LogP contribution < -0.4 is 5.73 Å². The zero-order valence-electron chi connectivity index (χ0n) is 12.9. The molecule has 3 N–H and O–H groups in total. The Bertz CT molecular complexity index is 587. The van der Waals surface area contributed by atoms with Crippen LogP contribution in [0, 0.1) is 0 Å². The Kier molecular flexibility index (Phi) is 5.77. The third kappa shape index (κ3) is 3.41. The summed E-state index contributed by atoms with van der Waals surface area (Å²) in [7, 11) is 0. The highest BCUT2D eigenvalue weighted by Crippen LogP contribution is 2.42. The van der Waals surface area contributed by atoms with E-state index in [1.54, 1.807) is 10.3 Å². The lowest BCUT2D eigenvalue weighted by molar-refractivity contribution is -0.147. The summed E-state index contributed by atoms with van der Waals surface area (Å²) in [4.78, 5) is 38.6. The molecule has 0 radical (unpaired) electrons. The summed E-state index contributed by atoms with van der Waals surface area (Å²) in [6.45, 7) is 5.02. The summed E-state index contributed by atoms with van der Waals surface area (Å²) in [5.41, 5.74) is 5.67. The molecule has 0 saturated carbocycles. The van der Waals surface area contributed by atoms with Crippen molar-refractivity contribution in [3.63, 3.8) is 0 Å². The quantitative estimate of drug-likeness (QED) is 0.531. The largest absolute Gasteiger partial charge is 0.477 e. The summed E-state index contributed by atoms with van der Waals surface area (Å²) in [6.07, 6.45) is 1.42. The maximum Gasteiger partial charge on any atom is 0.353 e. The van der Waals surface area contributed by atoms with Gasteiger partial charge in [-0.1, -0.05) is 11.8 Å². The second kappa shape index (κ2) is 7.41. The Labute approximate surface area is 142 Å². The molecule has 0 aromatic carbocycles. The van der Waals surface area contributed by atoms with E-state index in [1.807, 2.05) is 13.8 Å². The third-order valence-corrected chi connectivity index (χ3v) is 6.05. The molecule has 2 heterocycles. The Balaban J connectivity index is 2.12. The second-order valence-corrected chi connectivity index (χ2v) is 7.05. The van der Waals surface area contributed by atoms with Gasteiger partial charge in [0.1, 0.15) is 17.1 Å². The van der Waals surface area contributed by atoms with E-state index >= 15 is 0 Å². The number of carboxylic acids is 1. The number of amides is 2. The maximum atomic E-state index is 11.9. The molecule has 9 heteroatoms. The van der Waals surface area contributed by atoms with Gasteiger partial charge in [-0.2, -0.15) is 0 Å². The van der Waals surface area contributed by atoms with Gasteiger partial charge < -0.3 is 15.7 Å². The number of fused-ring (bicyclic) bond motifs is 1. The first kappa shape index (κ1) is 17.9. The Hall–Kier alpha value is -1.45. The van der Waals surface area contributed by atoms with Gasteiger partial charge in [-0.05, 0) is 19.3 Å². The van der Waals surface area contributed by atoms with E-state index < -0.39 is 12.0 Å². The van der Waals surface area contributed by atoms with Crippen molar-refractivity contribution < 1.29 is 19.5 Å². The van der Waals surface area contributed by atoms with Crippen molar-refractivity contribution in [3.8, 4) is 0 Å². The van der Waals surface area contributed by atoms with E-state index in [0.29, 0.717) is 23.7 Å². The van der Waals surface area contributed by atoms with Crippen LogP contribution in [0.15, 0.2) is 22.1 Å². The fraction of sp³-hybridized carbons (Fsp3) is 0.500. The van der Waals surface area contributed by atoms with Crippen molar-refractivity contribution >= 4 is 41.3 Å². The SMILES string of the molecule is CCN(CC)C(=O)C=CSC1=C(C(=O)O)N2C(=O)[C@@H](N)[C@@H]2SC1. The Morgan fingerprint density at radius 3 is 2.70 bits per heavy atom. The van der Waals surface area contributed by atoms with E-state index in [-0.39, 0.29) is 22.9 Å². The average Bonchev–Trinajstić information content (AvgIpc) is 2.54. The molecule has 0 aliphatic carbocycles. The van der Waals surface area contributed by atoms with Crippen LogP contribution >= 0.6 is 23.5 Å². The van der Waals surface area contributed by atoms with Gasteiger partial charge in [-0.3, -0.25) is 14.5 Å². The maximum absolute atomic E-state index is 11.9. The number of carboxylic acid groups (broad SMARTS) is 1. The highest BCUT2D eigenvalue weighted by molar-refractivity contribution is 8.08. The number of hydrogen-bond donors (Lipinski definition) is 2. The molecule has 2 amide bonds. The zero-order valence-corrected chi connectivity index (χ0v) is 14.5. The van der Waals surface area contributed by atoms with E-state index in [4.69, 9.17) is 5.73 Å². The van der Waals surface area contributed by atoms with Gasteiger partial charge in [0.2, 0.25) is 11.8 Å². The monoisotopic (exact) mass is 357 g/mol. The molecule has 1 saturated heterocycles. The lowest BCUT2D eigenvalue weighted by Crippen LogP contribution is -2.68. The molecule has 126 valence electrons. The number of carbonyl (C=O) groups excluding carboxylic acids is 2. The number of nitrogens with two attached hydrogens (primary N) is 1. The molecule has 1 fully saturated rings. The molecule has 0 unspecified atom stereocenters. The average molecular weight is 357 g/mol. The van der Waals surface area contributed by atoms with Crippen molar-refractivity contribution in [2.45, 2.75) is 25.3 Å². The number of thioether (sulfide) groups is 2. The van der Waals surface area contributed by atoms with Crippen molar-refractivity contribution in [1.82, 2.24) is 9.80 Å². The zero-order chi connectivity index (χ0) is 17.1. The minimum atomic E-state index is -1.15. The topological polar surface area (TPSA) is 104 Å². The van der Waals surface area contributed by atoms with Crippen molar-refractivity contribution in [3.05, 3.63) is 22.1 Å². The van der Waals surface area contributed by atoms with Crippen LogP contribution in [0.4, 0.5) is 0 Å². The van der Waals surface area contributed by atoms with E-state index in [9.17, 15) is 19.5 Å². The standard InChI is InChI=1S/C14H19N3O4S2/c1-3-16(4-2)9(18)5-6-22-8-7-23-13-10(15)12(19)17(13)11(8)14(20)21/h5-6,10,13H,3-4,7,15H2,1-2H3,(H,20,21)/t10-,13+/m1/s1. The van der Waals surface area contributed by atoms with Gasteiger partial charge in [0, 0.05) is 29.8 Å². The van der Waals surface area contributed by atoms with Crippen LogP contribution in [0.5, 0.6) is 0 Å². The molecule has 2 aliphatic rings. The van der Waals surface area contributed by atoms with Gasteiger partial charge >= 0.3 is 5.97 Å². The molecule has 7 nitrogen and oxygen atoms in total. The number of nitrogens with zero attached hydrogens (tertiary/aromatic N) is 2. The lowest BCUT2D eigenvalue weighted by atomic mass is 10.1. The van der Waals surface area contributed by atoms with E-state index in [0.717, 1.165) is 11.8 Å². The van der Waals surface area contributed by atoms with Crippen LogP contribution in [0.25, 0.3) is 0 Å². The summed E-state index contributed by atoms with van der Waals surface area (Å²) >= 11 is 2.60. The molecule has 0 aromatic rings. The van der Waals surface area contributed by atoms with Crippen LogP contribution in [-0.2, 0) is 14.4 Å². The smallest absolute Gasteiger partial charge is 0.353 e. The molecule has 0 aromatic heterocycles. The number of hydrogen-bond acceptors (Lipinski definition) is 6. The van der Waals surface area contributed by atoms with Crippen LogP contribution in [0.3, 0.4) is 0 Å². The summed E-state index contributed by atoms with van der Waals surface area (Å²) in [5.74, 6) is -1.19. The van der Waals surface area contributed by atoms with Crippen molar-refractivity contribution in [2.75, 3.05) is 18.8 Å². The number of likely N-dealkylation sites (N-methyl/N-ethyl adjacent to an activating group) is 1. The fourth-order valence-corrected chi connectivity index (χ4v) is 4.66. The minimum absolute atomic E-state index is 0.0228. The fourth-order valence-electron chi connectivity index (χ4n) is 2.39. The van der Waals surface area contributed by atoms with E-state index in [2.05, 4.69) is 0 Å². The number of carbonyl (C=O) groups is 3. The van der Waals surface area contributed by atoms with Crippen molar-refractivity contribution in [2.24, 2.45) is 5.73 Å². The molecule has 0 bridgehead atoms. The molecule has 23 heavy (non-hydrogen) atoms. The summed E-state index contributed by atoms with van der Waals surface area (Å²) in [6, 6.07) is -0.638. The molecule has 2 rings (SSSR count). The van der Waals surface area contributed by atoms with E-state index in [1.165, 1.54) is 22.7 Å². The number of β-lactam (4-membered cyclic amide) rings is 1. The summed E-state index contributed by atoms with van der Waals surface area (Å²) in [5, 5.41) is 10.7. The van der Waals surface area contributed by atoms with Gasteiger partial charge in [0.15, 0.2) is 0 Å². The summed E-state index contributed by atoms with van der Waals surface area (Å²) < 4.78 is 0. The first-order valence-electron chi connectivity index (χ1n) is 7.21. The predicted molar refractivity (Wildman–Crippen MR) is 90.4 cm³/mol. The highest BCUT2D eigenvalue weighted by atomic mass is 32.2. The molecule has 2 atom stereocenters. The highest BCUT2D eigenvalue weighted by Gasteiger charge is 2.51. The van der Waals surface area contributed by atoms with Gasteiger partial charge in [-0.15, -0.1) is 11.8 Å². The van der Waals surface area contributed by atoms with Gasteiger partial charge in [0.05, 0.1) is 0 Å². The Morgan fingerprint density at radius 1 is 1.48 bits per heavy atom. The molecule has 2 aliphatic heterocycles. The third-order valence-electron chi connectivity index (χ3n) is 3.67. The van der Waals surface area contributed by atoms with Crippen LogP contribution in [0.1, 0.15) is 13.8 Å². The van der Waals surface area contributed by atoms with Gasteiger partial charge in [0.25, 0.3) is 0 Å². The van der Waals surface area contributed by atoms with Gasteiger partial charge in [-0.25, -0.2) is 4.79 Å². The first-order valence-corrected chi connectivity index (χ1v) is 9.14. The number of aliphatic carboxylic acids is 1. The van der Waals surface area contributed by atoms with Crippen LogP contribution in [-0.4, -0.2) is 62.9 Å². The molecular formula is C14H19N3O4S2. The van der Waals surface area contributed by atoms with Crippen molar-refractivity contribution in [1.29, 1.82) is 0 Å². The first-order chi connectivity index (χ1) is 10.9. The van der Waals surface area contributed by atoms with Crippen LogP contribution in [0.2, 0.25) is 0 Å². The minimum Gasteiger partial charge on any atom is -0.477 e. The molecule has 0 spiro atoms. The predicted octanol–water partition coefficient (Wildman–Crippen LogP) is 0.640. The molecular weight excluding hydrogens is 338 g/mol. The normalized spacial score (nSPS) is 23.8.